The largest absolute Gasteiger partial charge is 0.497 e. The van der Waals surface area contributed by atoms with Gasteiger partial charge in [-0.05, 0) is 54.1 Å². The molecule has 4 aromatic rings. The van der Waals surface area contributed by atoms with Gasteiger partial charge in [0.2, 0.25) is 0 Å². The minimum Gasteiger partial charge on any atom is -0.497 e. The van der Waals surface area contributed by atoms with Crippen LogP contribution in [0.4, 0.5) is 0 Å². The molecule has 1 aromatic heterocycles. The van der Waals surface area contributed by atoms with Gasteiger partial charge < -0.3 is 10.1 Å². The minimum absolute atomic E-state index is 0.206. The van der Waals surface area contributed by atoms with Crippen LogP contribution < -0.4 is 10.1 Å². The van der Waals surface area contributed by atoms with Gasteiger partial charge in [0.05, 0.1) is 18.4 Å². The van der Waals surface area contributed by atoms with Crippen molar-refractivity contribution >= 4 is 17.5 Å². The summed E-state index contributed by atoms with van der Waals surface area (Å²) in [5, 5.41) is 8.29. The fourth-order valence-electron chi connectivity index (χ4n) is 3.14. The summed E-state index contributed by atoms with van der Waals surface area (Å²) in [5.74, 6) is 0.538. The molecule has 3 aromatic carbocycles. The monoisotopic (exact) mass is 417 g/mol. The van der Waals surface area contributed by atoms with Gasteiger partial charge in [-0.1, -0.05) is 41.9 Å². The molecule has 5 nitrogen and oxygen atoms in total. The second-order valence-electron chi connectivity index (χ2n) is 6.71. The number of halogens is 1. The smallest absolute Gasteiger partial charge is 0.255 e. The molecule has 1 N–H and O–H groups in total. The molecule has 150 valence electrons. The number of nitrogens with zero attached hydrogens (tertiary/aromatic N) is 2. The summed E-state index contributed by atoms with van der Waals surface area (Å²) < 4.78 is 6.95. The summed E-state index contributed by atoms with van der Waals surface area (Å²) in [6.07, 6.45) is 1.75. The maximum Gasteiger partial charge on any atom is 0.255 e. The van der Waals surface area contributed by atoms with Gasteiger partial charge in [0.25, 0.3) is 5.91 Å². The standard InChI is InChI=1S/C24H20ClN3O2/c1-30-21-12-10-18(11-13-21)23-22(16-28(27-23)20-8-3-2-4-9-20)24(29)26-15-17-6-5-7-19(25)14-17/h2-14,16H,15H2,1H3,(H,26,29). The highest BCUT2D eigenvalue weighted by atomic mass is 35.5. The van der Waals surface area contributed by atoms with Crippen molar-refractivity contribution in [3.63, 3.8) is 0 Å². The average Bonchev–Trinajstić information content (AvgIpc) is 3.24. The van der Waals surface area contributed by atoms with E-state index in [9.17, 15) is 4.79 Å². The zero-order chi connectivity index (χ0) is 20.9. The molecule has 1 heterocycles. The van der Waals surface area contributed by atoms with Crippen molar-refractivity contribution in [2.45, 2.75) is 6.54 Å². The number of ether oxygens (including phenoxy) is 1. The molecular weight excluding hydrogens is 398 g/mol. The van der Waals surface area contributed by atoms with Crippen LogP contribution >= 0.6 is 11.6 Å². The van der Waals surface area contributed by atoms with Crippen molar-refractivity contribution in [3.8, 4) is 22.7 Å². The molecule has 0 atom stereocenters. The first kappa shape index (κ1) is 19.7. The highest BCUT2D eigenvalue weighted by molar-refractivity contribution is 6.30. The summed E-state index contributed by atoms with van der Waals surface area (Å²) in [5.41, 5.74) is 3.73. The Labute approximate surface area is 179 Å². The average molecular weight is 418 g/mol. The Bertz CT molecular complexity index is 1150. The normalized spacial score (nSPS) is 10.6. The molecule has 0 aliphatic heterocycles. The van der Waals surface area contributed by atoms with Crippen molar-refractivity contribution in [1.82, 2.24) is 15.1 Å². The van der Waals surface area contributed by atoms with E-state index >= 15 is 0 Å². The van der Waals surface area contributed by atoms with Gasteiger partial charge in [0, 0.05) is 23.3 Å². The highest BCUT2D eigenvalue weighted by Gasteiger charge is 2.18. The molecule has 0 fully saturated rings. The van der Waals surface area contributed by atoms with Crippen LogP contribution in [-0.2, 0) is 6.54 Å². The van der Waals surface area contributed by atoms with Crippen LogP contribution in [-0.4, -0.2) is 22.8 Å². The van der Waals surface area contributed by atoms with E-state index in [1.54, 1.807) is 24.1 Å². The number of aromatic nitrogens is 2. The number of amides is 1. The molecule has 0 radical (unpaired) electrons. The number of methoxy groups -OCH3 is 1. The number of nitrogens with one attached hydrogen (secondary N) is 1. The summed E-state index contributed by atoms with van der Waals surface area (Å²) in [6, 6.07) is 24.6. The first-order chi connectivity index (χ1) is 14.6. The Balaban J connectivity index is 1.67. The fourth-order valence-corrected chi connectivity index (χ4v) is 3.35. The lowest BCUT2D eigenvalue weighted by atomic mass is 10.1. The summed E-state index contributed by atoms with van der Waals surface area (Å²) in [4.78, 5) is 13.0. The Morgan fingerprint density at radius 2 is 1.80 bits per heavy atom. The Morgan fingerprint density at radius 1 is 1.03 bits per heavy atom. The van der Waals surface area contributed by atoms with Crippen LogP contribution in [0.25, 0.3) is 16.9 Å². The molecule has 0 saturated heterocycles. The molecule has 0 aliphatic carbocycles. The van der Waals surface area contributed by atoms with Gasteiger partial charge in [0.1, 0.15) is 11.4 Å². The summed E-state index contributed by atoms with van der Waals surface area (Å²) in [7, 11) is 1.62. The maximum absolute atomic E-state index is 13.0. The molecule has 0 aliphatic rings. The van der Waals surface area contributed by atoms with Crippen molar-refractivity contribution in [1.29, 1.82) is 0 Å². The van der Waals surface area contributed by atoms with E-state index in [0.29, 0.717) is 22.8 Å². The number of rotatable bonds is 6. The zero-order valence-electron chi connectivity index (χ0n) is 16.4. The van der Waals surface area contributed by atoms with E-state index in [1.807, 2.05) is 72.8 Å². The lowest BCUT2D eigenvalue weighted by Gasteiger charge is -2.06. The lowest BCUT2D eigenvalue weighted by molar-refractivity contribution is 0.0951. The zero-order valence-corrected chi connectivity index (χ0v) is 17.1. The molecule has 4 rings (SSSR count). The summed E-state index contributed by atoms with van der Waals surface area (Å²) in [6.45, 7) is 0.373. The predicted octanol–water partition coefficient (Wildman–Crippen LogP) is 5.13. The van der Waals surface area contributed by atoms with Gasteiger partial charge in [0.15, 0.2) is 0 Å². The third-order valence-electron chi connectivity index (χ3n) is 4.69. The predicted molar refractivity (Wildman–Crippen MR) is 118 cm³/mol. The highest BCUT2D eigenvalue weighted by Crippen LogP contribution is 2.26. The number of benzene rings is 3. The Kier molecular flexibility index (Phi) is 5.82. The second kappa shape index (κ2) is 8.84. The van der Waals surface area contributed by atoms with Crippen LogP contribution in [0.2, 0.25) is 5.02 Å². The van der Waals surface area contributed by atoms with E-state index in [0.717, 1.165) is 22.6 Å². The molecule has 30 heavy (non-hydrogen) atoms. The van der Waals surface area contributed by atoms with Gasteiger partial charge in [-0.25, -0.2) is 4.68 Å². The van der Waals surface area contributed by atoms with Crippen LogP contribution in [0, 0.1) is 0 Å². The molecule has 0 unspecified atom stereocenters. The molecule has 1 amide bonds. The second-order valence-corrected chi connectivity index (χ2v) is 7.15. The van der Waals surface area contributed by atoms with Gasteiger partial charge in [-0.2, -0.15) is 5.10 Å². The molecule has 0 bridgehead atoms. The van der Waals surface area contributed by atoms with E-state index in [-0.39, 0.29) is 5.91 Å². The lowest BCUT2D eigenvalue weighted by Crippen LogP contribution is -2.23. The van der Waals surface area contributed by atoms with E-state index in [1.165, 1.54) is 0 Å². The van der Waals surface area contributed by atoms with E-state index < -0.39 is 0 Å². The Hall–Kier alpha value is -3.57. The third kappa shape index (κ3) is 4.36. The molecule has 0 saturated carbocycles. The van der Waals surface area contributed by atoms with Crippen molar-refractivity contribution < 1.29 is 9.53 Å². The van der Waals surface area contributed by atoms with Crippen LogP contribution in [0.1, 0.15) is 15.9 Å². The number of hydrogen-bond acceptors (Lipinski definition) is 3. The SMILES string of the molecule is COc1ccc(-c2nn(-c3ccccc3)cc2C(=O)NCc2cccc(Cl)c2)cc1. The quantitative estimate of drug-likeness (QED) is 0.473. The fraction of sp³-hybridized carbons (Fsp3) is 0.0833. The van der Waals surface area contributed by atoms with Crippen molar-refractivity contribution in [3.05, 3.63) is 101 Å². The van der Waals surface area contributed by atoms with Gasteiger partial charge in [-0.3, -0.25) is 4.79 Å². The van der Waals surface area contributed by atoms with Crippen molar-refractivity contribution in [2.75, 3.05) is 7.11 Å². The third-order valence-corrected chi connectivity index (χ3v) is 4.92. The number of hydrogen-bond donors (Lipinski definition) is 1. The number of carbonyl (C=O) groups excluding carboxylic acids is 1. The first-order valence-electron chi connectivity index (χ1n) is 9.46. The minimum atomic E-state index is -0.206. The van der Waals surface area contributed by atoms with E-state index in [2.05, 4.69) is 5.32 Å². The van der Waals surface area contributed by atoms with Crippen LogP contribution in [0.3, 0.4) is 0 Å². The number of para-hydroxylation sites is 1. The molecule has 0 spiro atoms. The van der Waals surface area contributed by atoms with Gasteiger partial charge >= 0.3 is 0 Å². The summed E-state index contributed by atoms with van der Waals surface area (Å²) >= 11 is 6.04. The molecular formula is C24H20ClN3O2. The van der Waals surface area contributed by atoms with Gasteiger partial charge in [-0.15, -0.1) is 0 Å². The topological polar surface area (TPSA) is 56.2 Å². The maximum atomic E-state index is 13.0. The van der Waals surface area contributed by atoms with Crippen LogP contribution in [0.5, 0.6) is 5.75 Å². The first-order valence-corrected chi connectivity index (χ1v) is 9.84. The van der Waals surface area contributed by atoms with Crippen LogP contribution in [0.15, 0.2) is 85.1 Å². The Morgan fingerprint density at radius 3 is 2.50 bits per heavy atom. The van der Waals surface area contributed by atoms with Crippen molar-refractivity contribution in [2.24, 2.45) is 0 Å². The number of carbonyl (C=O) groups is 1. The van der Waals surface area contributed by atoms with E-state index in [4.69, 9.17) is 21.4 Å². The molecule has 6 heteroatoms.